The summed E-state index contributed by atoms with van der Waals surface area (Å²) in [6, 6.07) is 23.3. The maximum Gasteiger partial charge on any atom is 0.252 e. The summed E-state index contributed by atoms with van der Waals surface area (Å²) in [6.45, 7) is 1.50. The Kier molecular flexibility index (Phi) is 5.31. The largest absolute Gasteiger partial charge is 0.348 e. The number of hydrogen-bond donors (Lipinski definition) is 2. The summed E-state index contributed by atoms with van der Waals surface area (Å²) in [6.07, 6.45) is 3.42. The number of rotatable bonds is 4. The van der Waals surface area contributed by atoms with E-state index in [0.29, 0.717) is 38.0 Å². The molecule has 3 aromatic rings. The van der Waals surface area contributed by atoms with E-state index in [1.165, 1.54) is 0 Å². The normalized spacial score (nSPS) is 19.0. The molecule has 1 atom stereocenters. The first-order valence-corrected chi connectivity index (χ1v) is 11.1. The lowest BCUT2D eigenvalue weighted by molar-refractivity contribution is -0.125. The van der Waals surface area contributed by atoms with Crippen LogP contribution in [0.4, 0.5) is 5.69 Å². The monoisotopic (exact) mass is 436 g/mol. The van der Waals surface area contributed by atoms with Crippen molar-refractivity contribution in [2.24, 2.45) is 5.41 Å². The zero-order chi connectivity index (χ0) is 22.8. The molecule has 1 fully saturated rings. The number of carbonyl (C=O) groups is 2. The lowest BCUT2D eigenvalue weighted by atomic mass is 9.76. The molecule has 2 aliphatic heterocycles. The van der Waals surface area contributed by atoms with E-state index in [1.807, 2.05) is 66.7 Å². The van der Waals surface area contributed by atoms with Crippen molar-refractivity contribution in [1.82, 2.24) is 10.2 Å². The Morgan fingerprint density at radius 3 is 2.67 bits per heavy atom. The van der Waals surface area contributed by atoms with Crippen LogP contribution in [-0.4, -0.2) is 29.8 Å². The van der Waals surface area contributed by atoms with Crippen LogP contribution in [0.1, 0.15) is 27.9 Å². The van der Waals surface area contributed by atoms with E-state index in [4.69, 9.17) is 0 Å². The molecular formula is C27H24N4O2. The molecule has 2 aliphatic rings. The Morgan fingerprint density at radius 1 is 1.09 bits per heavy atom. The standard InChI is InChI=1S/C27H24N4O2/c28-18-31-13-12-27(17-31)15-21-14-20(10-11-24(21)30-26(27)33)22-8-4-5-9-23(22)25(32)29-16-19-6-2-1-3-7-19/h1-11,14H,12-13,15-17H2,(H,29,32)(H,30,33). The summed E-state index contributed by atoms with van der Waals surface area (Å²) in [5.41, 5.74) is 4.69. The van der Waals surface area contributed by atoms with E-state index in [2.05, 4.69) is 22.9 Å². The van der Waals surface area contributed by atoms with Crippen molar-refractivity contribution >= 4 is 17.5 Å². The number of benzene rings is 3. The van der Waals surface area contributed by atoms with E-state index in [1.54, 1.807) is 4.90 Å². The van der Waals surface area contributed by atoms with Gasteiger partial charge in [-0.3, -0.25) is 9.59 Å². The van der Waals surface area contributed by atoms with Crippen LogP contribution in [0.15, 0.2) is 72.8 Å². The number of likely N-dealkylation sites (tertiary alicyclic amines) is 1. The SMILES string of the molecule is N#CN1CCC2(Cc3cc(-c4ccccc4C(=O)NCc4ccccc4)ccc3NC2=O)C1. The molecule has 0 radical (unpaired) electrons. The summed E-state index contributed by atoms with van der Waals surface area (Å²) in [7, 11) is 0. The molecule has 0 aromatic heterocycles. The van der Waals surface area contributed by atoms with Gasteiger partial charge in [-0.25, -0.2) is 0 Å². The van der Waals surface area contributed by atoms with Crippen LogP contribution in [0.25, 0.3) is 11.1 Å². The Morgan fingerprint density at radius 2 is 1.88 bits per heavy atom. The van der Waals surface area contributed by atoms with Crippen LogP contribution in [0.5, 0.6) is 0 Å². The van der Waals surface area contributed by atoms with Crippen molar-refractivity contribution in [2.45, 2.75) is 19.4 Å². The van der Waals surface area contributed by atoms with E-state index in [0.717, 1.165) is 27.9 Å². The molecule has 2 N–H and O–H groups in total. The maximum absolute atomic E-state index is 13.0. The Hall–Kier alpha value is -4.11. The first-order valence-electron chi connectivity index (χ1n) is 11.1. The quantitative estimate of drug-likeness (QED) is 0.607. The Bertz CT molecular complexity index is 1260. The summed E-state index contributed by atoms with van der Waals surface area (Å²) in [5.74, 6) is -0.140. The number of fused-ring (bicyclic) bond motifs is 1. The molecule has 5 rings (SSSR count). The Balaban J connectivity index is 1.42. The molecule has 1 spiro atoms. The van der Waals surface area contributed by atoms with Crippen LogP contribution in [0.2, 0.25) is 0 Å². The van der Waals surface area contributed by atoms with Gasteiger partial charge < -0.3 is 15.5 Å². The van der Waals surface area contributed by atoms with Crippen LogP contribution in [0.3, 0.4) is 0 Å². The van der Waals surface area contributed by atoms with Crippen molar-refractivity contribution in [3.8, 4) is 17.3 Å². The van der Waals surface area contributed by atoms with Crippen LogP contribution in [0, 0.1) is 16.9 Å². The summed E-state index contributed by atoms with van der Waals surface area (Å²) in [4.78, 5) is 27.5. The molecule has 0 aliphatic carbocycles. The molecule has 0 saturated carbocycles. The van der Waals surface area contributed by atoms with Gasteiger partial charge in [-0.05, 0) is 53.3 Å². The average Bonchev–Trinajstić information content (AvgIpc) is 3.27. The van der Waals surface area contributed by atoms with Gasteiger partial charge in [0.15, 0.2) is 6.19 Å². The molecule has 33 heavy (non-hydrogen) atoms. The zero-order valence-electron chi connectivity index (χ0n) is 18.2. The van der Waals surface area contributed by atoms with E-state index >= 15 is 0 Å². The third-order valence-corrected chi connectivity index (χ3v) is 6.64. The van der Waals surface area contributed by atoms with Crippen molar-refractivity contribution in [3.05, 3.63) is 89.5 Å². The molecule has 1 saturated heterocycles. The highest BCUT2D eigenvalue weighted by atomic mass is 16.2. The fraction of sp³-hybridized carbons (Fsp3) is 0.222. The minimum absolute atomic E-state index is 0.0128. The van der Waals surface area contributed by atoms with Gasteiger partial charge in [0, 0.05) is 30.9 Å². The van der Waals surface area contributed by atoms with E-state index < -0.39 is 5.41 Å². The smallest absolute Gasteiger partial charge is 0.252 e. The Labute approximate surface area is 192 Å². The second kappa shape index (κ2) is 8.44. The van der Waals surface area contributed by atoms with Crippen molar-refractivity contribution in [3.63, 3.8) is 0 Å². The summed E-state index contributed by atoms with van der Waals surface area (Å²) in [5, 5.41) is 15.3. The molecule has 2 amide bonds. The molecular weight excluding hydrogens is 412 g/mol. The summed E-state index contributed by atoms with van der Waals surface area (Å²) >= 11 is 0. The van der Waals surface area contributed by atoms with E-state index in [-0.39, 0.29) is 11.8 Å². The number of nitrogens with one attached hydrogen (secondary N) is 2. The van der Waals surface area contributed by atoms with Gasteiger partial charge in [0.2, 0.25) is 5.91 Å². The van der Waals surface area contributed by atoms with Gasteiger partial charge in [0.05, 0.1) is 5.41 Å². The lowest BCUT2D eigenvalue weighted by Crippen LogP contribution is -2.43. The molecule has 2 heterocycles. The van der Waals surface area contributed by atoms with Gasteiger partial charge in [0.1, 0.15) is 0 Å². The van der Waals surface area contributed by atoms with Crippen molar-refractivity contribution < 1.29 is 9.59 Å². The molecule has 164 valence electrons. The minimum atomic E-state index is -0.575. The van der Waals surface area contributed by atoms with Gasteiger partial charge >= 0.3 is 0 Å². The van der Waals surface area contributed by atoms with Gasteiger partial charge in [-0.2, -0.15) is 5.26 Å². The summed E-state index contributed by atoms with van der Waals surface area (Å²) < 4.78 is 0. The van der Waals surface area contributed by atoms with Crippen molar-refractivity contribution in [1.29, 1.82) is 5.26 Å². The van der Waals surface area contributed by atoms with Crippen LogP contribution < -0.4 is 10.6 Å². The number of anilines is 1. The second-order valence-corrected chi connectivity index (χ2v) is 8.77. The highest BCUT2D eigenvalue weighted by Gasteiger charge is 2.47. The first kappa shape index (κ1) is 20.8. The highest BCUT2D eigenvalue weighted by Crippen LogP contribution is 2.42. The zero-order valence-corrected chi connectivity index (χ0v) is 18.2. The van der Waals surface area contributed by atoms with E-state index in [9.17, 15) is 14.9 Å². The van der Waals surface area contributed by atoms with Crippen molar-refractivity contribution in [2.75, 3.05) is 18.4 Å². The number of amides is 2. The molecule has 6 heteroatoms. The number of carbonyl (C=O) groups excluding carboxylic acids is 2. The molecule has 0 bridgehead atoms. The third kappa shape index (κ3) is 3.94. The predicted octanol–water partition coefficient (Wildman–Crippen LogP) is 3.95. The second-order valence-electron chi connectivity index (χ2n) is 8.77. The number of nitrogens with zero attached hydrogens (tertiary/aromatic N) is 2. The first-order chi connectivity index (χ1) is 16.1. The minimum Gasteiger partial charge on any atom is -0.348 e. The van der Waals surface area contributed by atoms with Gasteiger partial charge in [-0.15, -0.1) is 0 Å². The molecule has 1 unspecified atom stereocenters. The fourth-order valence-corrected chi connectivity index (χ4v) is 4.82. The van der Waals surface area contributed by atoms with Gasteiger partial charge in [0.25, 0.3) is 5.91 Å². The third-order valence-electron chi connectivity index (χ3n) is 6.64. The highest BCUT2D eigenvalue weighted by molar-refractivity contribution is 6.02. The van der Waals surface area contributed by atoms with Crippen LogP contribution >= 0.6 is 0 Å². The van der Waals surface area contributed by atoms with Gasteiger partial charge in [-0.1, -0.05) is 54.6 Å². The number of nitriles is 1. The average molecular weight is 437 g/mol. The predicted molar refractivity (Wildman–Crippen MR) is 126 cm³/mol. The fourth-order valence-electron chi connectivity index (χ4n) is 4.82. The molecule has 6 nitrogen and oxygen atoms in total. The van der Waals surface area contributed by atoms with Crippen LogP contribution in [-0.2, 0) is 17.8 Å². The number of hydrogen-bond acceptors (Lipinski definition) is 4. The molecule has 3 aromatic carbocycles. The maximum atomic E-state index is 13.0. The topological polar surface area (TPSA) is 85.2 Å². The lowest BCUT2D eigenvalue weighted by Gasteiger charge is -2.33.